The second-order valence-electron chi connectivity index (χ2n) is 6.79. The lowest BCUT2D eigenvalue weighted by molar-refractivity contribution is -0.141. The number of hydrogen-bond donors (Lipinski definition) is 1. The fourth-order valence-corrected chi connectivity index (χ4v) is 3.21. The number of hydrogen-bond acceptors (Lipinski definition) is 6. The molecule has 1 aliphatic rings. The number of nitrogens with one attached hydrogen (secondary N) is 1. The zero-order chi connectivity index (χ0) is 21.1. The van der Waals surface area contributed by atoms with Crippen LogP contribution >= 0.6 is 0 Å². The molecule has 0 spiro atoms. The zero-order valence-corrected chi connectivity index (χ0v) is 15.7. The molecule has 0 aliphatic carbocycles. The van der Waals surface area contributed by atoms with Crippen LogP contribution in [0, 0.1) is 0 Å². The van der Waals surface area contributed by atoms with Crippen molar-refractivity contribution in [3.05, 3.63) is 66.4 Å². The van der Waals surface area contributed by atoms with Gasteiger partial charge < -0.3 is 10.2 Å². The number of amides is 1. The molecule has 1 amide bonds. The molecule has 154 valence electrons. The minimum atomic E-state index is -4.60. The third-order valence-electron chi connectivity index (χ3n) is 4.68. The van der Waals surface area contributed by atoms with Crippen LogP contribution in [0.2, 0.25) is 0 Å². The summed E-state index contributed by atoms with van der Waals surface area (Å²) in [6.07, 6.45) is 1.06. The average Bonchev–Trinajstić information content (AvgIpc) is 3.22. The summed E-state index contributed by atoms with van der Waals surface area (Å²) in [4.78, 5) is 30.7. The number of carbonyl (C=O) groups is 1. The monoisotopic (exact) mass is 414 g/mol. The molecule has 10 heteroatoms. The third-order valence-corrected chi connectivity index (χ3v) is 4.68. The molecule has 1 atom stereocenters. The van der Waals surface area contributed by atoms with E-state index in [9.17, 15) is 18.0 Å². The molecule has 1 fully saturated rings. The molecular weight excluding hydrogens is 397 g/mol. The number of nitrogens with zero attached hydrogens (tertiary/aromatic N) is 5. The summed E-state index contributed by atoms with van der Waals surface area (Å²) in [6, 6.07) is 8.52. The normalized spacial score (nSPS) is 16.5. The highest BCUT2D eigenvalue weighted by atomic mass is 19.4. The molecule has 0 radical (unpaired) electrons. The summed E-state index contributed by atoms with van der Waals surface area (Å²) in [5, 5.41) is 2.74. The first kappa shape index (κ1) is 19.7. The van der Waals surface area contributed by atoms with Crippen LogP contribution in [0.5, 0.6) is 0 Å². The van der Waals surface area contributed by atoms with Crippen molar-refractivity contribution in [2.24, 2.45) is 0 Å². The summed E-state index contributed by atoms with van der Waals surface area (Å²) in [5.74, 6) is -0.122. The van der Waals surface area contributed by atoms with Crippen molar-refractivity contribution in [1.82, 2.24) is 25.3 Å². The minimum absolute atomic E-state index is 0.250. The van der Waals surface area contributed by atoms with Crippen molar-refractivity contribution in [3.63, 3.8) is 0 Å². The van der Waals surface area contributed by atoms with Crippen molar-refractivity contribution in [2.45, 2.75) is 18.6 Å². The molecule has 3 aromatic heterocycles. The molecule has 4 heterocycles. The second kappa shape index (κ2) is 8.05. The quantitative estimate of drug-likeness (QED) is 0.707. The maximum atomic E-state index is 12.8. The first-order valence-electron chi connectivity index (χ1n) is 9.23. The van der Waals surface area contributed by atoms with E-state index < -0.39 is 17.8 Å². The zero-order valence-electron chi connectivity index (χ0n) is 15.7. The standard InChI is InChI=1S/C20H17F3N6O/c21-20(22,23)17-5-1-4-16(27-17)18(30)26-14-7-10-29(12-14)19-25-9-6-15(28-19)13-3-2-8-24-11-13/h1-6,8-9,11,14H,7,10,12H2,(H,26,30). The van der Waals surface area contributed by atoms with Crippen LogP contribution in [0.15, 0.2) is 55.0 Å². The number of anilines is 1. The Labute approximate surface area is 170 Å². The summed E-state index contributed by atoms with van der Waals surface area (Å²) >= 11 is 0. The van der Waals surface area contributed by atoms with Crippen LogP contribution in [-0.2, 0) is 6.18 Å². The van der Waals surface area contributed by atoms with Crippen molar-refractivity contribution in [2.75, 3.05) is 18.0 Å². The lowest BCUT2D eigenvalue weighted by Gasteiger charge is -2.17. The maximum Gasteiger partial charge on any atom is 0.433 e. The number of pyridine rings is 2. The fourth-order valence-electron chi connectivity index (χ4n) is 3.21. The lowest BCUT2D eigenvalue weighted by atomic mass is 10.2. The van der Waals surface area contributed by atoms with Gasteiger partial charge in [-0.2, -0.15) is 13.2 Å². The van der Waals surface area contributed by atoms with Gasteiger partial charge in [-0.15, -0.1) is 0 Å². The van der Waals surface area contributed by atoms with Crippen molar-refractivity contribution in [1.29, 1.82) is 0 Å². The van der Waals surface area contributed by atoms with Crippen molar-refractivity contribution >= 4 is 11.9 Å². The van der Waals surface area contributed by atoms with E-state index in [1.807, 2.05) is 17.0 Å². The molecule has 1 unspecified atom stereocenters. The summed E-state index contributed by atoms with van der Waals surface area (Å²) < 4.78 is 38.4. The Kier molecular flexibility index (Phi) is 5.30. The topological polar surface area (TPSA) is 83.9 Å². The molecule has 0 saturated carbocycles. The molecule has 30 heavy (non-hydrogen) atoms. The Bertz CT molecular complexity index is 1040. The van der Waals surface area contributed by atoms with Gasteiger partial charge in [0.1, 0.15) is 11.4 Å². The predicted octanol–water partition coefficient (Wildman–Crippen LogP) is 2.96. The van der Waals surface area contributed by atoms with E-state index in [1.54, 1.807) is 24.7 Å². The van der Waals surface area contributed by atoms with E-state index in [4.69, 9.17) is 0 Å². The van der Waals surface area contributed by atoms with Gasteiger partial charge in [0.25, 0.3) is 5.91 Å². The maximum absolute atomic E-state index is 12.8. The van der Waals surface area contributed by atoms with Gasteiger partial charge in [0, 0.05) is 43.3 Å². The molecule has 0 bridgehead atoms. The lowest BCUT2D eigenvalue weighted by Crippen LogP contribution is -2.38. The number of aromatic nitrogens is 4. The molecule has 1 N–H and O–H groups in total. The molecule has 4 rings (SSSR count). The fraction of sp³-hybridized carbons (Fsp3) is 0.250. The predicted molar refractivity (Wildman–Crippen MR) is 103 cm³/mol. The number of alkyl halides is 3. The van der Waals surface area contributed by atoms with Crippen LogP contribution in [0.3, 0.4) is 0 Å². The van der Waals surface area contributed by atoms with E-state index in [0.717, 1.165) is 17.3 Å². The average molecular weight is 414 g/mol. The van der Waals surface area contributed by atoms with E-state index in [1.165, 1.54) is 12.1 Å². The molecule has 7 nitrogen and oxygen atoms in total. The first-order chi connectivity index (χ1) is 14.4. The Morgan fingerprint density at radius 1 is 1.10 bits per heavy atom. The van der Waals surface area contributed by atoms with Crippen LogP contribution in [-0.4, -0.2) is 45.0 Å². The number of rotatable bonds is 4. The van der Waals surface area contributed by atoms with E-state index in [2.05, 4.69) is 25.3 Å². The Morgan fingerprint density at radius 2 is 1.97 bits per heavy atom. The van der Waals surface area contributed by atoms with Crippen LogP contribution in [0.25, 0.3) is 11.3 Å². The Morgan fingerprint density at radius 3 is 2.73 bits per heavy atom. The molecular formula is C20H17F3N6O. The molecule has 0 aromatic carbocycles. The van der Waals surface area contributed by atoms with E-state index in [-0.39, 0.29) is 11.7 Å². The van der Waals surface area contributed by atoms with Gasteiger partial charge in [0.05, 0.1) is 5.69 Å². The Hall–Kier alpha value is -3.56. The van der Waals surface area contributed by atoms with Gasteiger partial charge >= 0.3 is 6.18 Å². The number of halogens is 3. The minimum Gasteiger partial charge on any atom is -0.346 e. The highest BCUT2D eigenvalue weighted by molar-refractivity contribution is 5.92. The van der Waals surface area contributed by atoms with Crippen molar-refractivity contribution in [3.8, 4) is 11.3 Å². The molecule has 1 aliphatic heterocycles. The Balaban J connectivity index is 1.42. The van der Waals surface area contributed by atoms with E-state index >= 15 is 0 Å². The van der Waals surface area contributed by atoms with Crippen LogP contribution in [0.1, 0.15) is 22.6 Å². The van der Waals surface area contributed by atoms with Gasteiger partial charge in [0.2, 0.25) is 5.95 Å². The highest BCUT2D eigenvalue weighted by Gasteiger charge is 2.33. The third kappa shape index (κ3) is 4.37. The van der Waals surface area contributed by atoms with Crippen LogP contribution in [0.4, 0.5) is 19.1 Å². The smallest absolute Gasteiger partial charge is 0.346 e. The van der Waals surface area contributed by atoms with Gasteiger partial charge in [-0.05, 0) is 36.8 Å². The van der Waals surface area contributed by atoms with E-state index in [0.29, 0.717) is 25.5 Å². The van der Waals surface area contributed by atoms with Gasteiger partial charge in [-0.3, -0.25) is 9.78 Å². The van der Waals surface area contributed by atoms with Gasteiger partial charge in [-0.1, -0.05) is 6.07 Å². The first-order valence-corrected chi connectivity index (χ1v) is 9.23. The van der Waals surface area contributed by atoms with Crippen LogP contribution < -0.4 is 10.2 Å². The summed E-state index contributed by atoms with van der Waals surface area (Å²) in [6.45, 7) is 1.05. The highest BCUT2D eigenvalue weighted by Crippen LogP contribution is 2.27. The molecule has 1 saturated heterocycles. The summed E-state index contributed by atoms with van der Waals surface area (Å²) in [5.41, 5.74) is 0.233. The number of carbonyl (C=O) groups excluding carboxylic acids is 1. The second-order valence-corrected chi connectivity index (χ2v) is 6.79. The molecule has 3 aromatic rings. The SMILES string of the molecule is O=C(NC1CCN(c2nccc(-c3cccnc3)n2)C1)c1cccc(C(F)(F)F)n1. The van der Waals surface area contributed by atoms with Gasteiger partial charge in [-0.25, -0.2) is 15.0 Å². The summed E-state index contributed by atoms with van der Waals surface area (Å²) in [7, 11) is 0. The largest absolute Gasteiger partial charge is 0.433 e. The van der Waals surface area contributed by atoms with Gasteiger partial charge in [0.15, 0.2) is 0 Å². The van der Waals surface area contributed by atoms with Crippen molar-refractivity contribution < 1.29 is 18.0 Å².